The Balaban J connectivity index is 1.51. The van der Waals surface area contributed by atoms with Crippen molar-refractivity contribution in [2.45, 2.75) is 56.7 Å². The first-order valence-corrected chi connectivity index (χ1v) is 9.13. The lowest BCUT2D eigenvalue weighted by atomic mass is 9.54. The molecule has 0 aromatic rings. The molecule has 0 aromatic heterocycles. The average molecular weight is 287 g/mol. The van der Waals surface area contributed by atoms with E-state index in [0.717, 1.165) is 23.7 Å². The van der Waals surface area contributed by atoms with Gasteiger partial charge in [-0.2, -0.15) is 8.42 Å². The topological polar surface area (TPSA) is 66.4 Å². The molecule has 110 valence electrons. The third-order valence-electron chi connectivity index (χ3n) is 5.67. The molecule has 1 unspecified atom stereocenters. The summed E-state index contributed by atoms with van der Waals surface area (Å²) in [6, 6.07) is 0.599. The van der Waals surface area contributed by atoms with Gasteiger partial charge in [-0.3, -0.25) is 4.55 Å². The highest BCUT2D eigenvalue weighted by molar-refractivity contribution is 7.86. The fourth-order valence-corrected chi connectivity index (χ4v) is 5.28. The minimum atomic E-state index is -3.87. The van der Waals surface area contributed by atoms with Gasteiger partial charge in [-0.05, 0) is 75.7 Å². The highest BCUT2D eigenvalue weighted by atomic mass is 32.2. The minimum absolute atomic E-state index is 0.502. The lowest BCUT2D eigenvalue weighted by Crippen LogP contribution is -2.54. The summed E-state index contributed by atoms with van der Waals surface area (Å²) < 4.78 is 30.9. The van der Waals surface area contributed by atoms with Crippen LogP contribution in [0.5, 0.6) is 0 Å². The van der Waals surface area contributed by atoms with Crippen molar-refractivity contribution in [2.24, 2.45) is 23.7 Å². The Bertz CT molecular complexity index is 406. The van der Waals surface area contributed by atoms with Crippen molar-refractivity contribution in [3.8, 4) is 0 Å². The van der Waals surface area contributed by atoms with Crippen LogP contribution in [-0.4, -0.2) is 30.8 Å². The Labute approximate surface area is 116 Å². The zero-order chi connectivity index (χ0) is 13.6. The summed E-state index contributed by atoms with van der Waals surface area (Å²) in [7, 11) is -3.87. The van der Waals surface area contributed by atoms with Crippen molar-refractivity contribution in [3.05, 3.63) is 0 Å². The first-order chi connectivity index (χ1) is 8.93. The second-order valence-corrected chi connectivity index (χ2v) is 8.86. The molecule has 0 aromatic carbocycles. The highest BCUT2D eigenvalue weighted by Gasteiger charge is 2.47. The molecule has 0 aliphatic heterocycles. The number of hydrogen-bond donors (Lipinski definition) is 2. The van der Waals surface area contributed by atoms with Gasteiger partial charge < -0.3 is 5.32 Å². The molecular weight excluding hydrogens is 262 g/mol. The standard InChI is InChI=1S/C14H25NO3S/c1-9(19(16,17)18)2-3-15-14-12-5-10-4-11(7-12)8-13(14)6-10/h9-15H,2-8H2,1H3,(H,16,17,18)/t9?,10-,11-,12-,13?,14?/m0/s1. The predicted octanol–water partition coefficient (Wildman–Crippen LogP) is 2.07. The van der Waals surface area contributed by atoms with Crippen molar-refractivity contribution in [1.82, 2.24) is 5.32 Å². The summed E-state index contributed by atoms with van der Waals surface area (Å²) >= 11 is 0. The van der Waals surface area contributed by atoms with Crippen LogP contribution in [0, 0.1) is 23.7 Å². The van der Waals surface area contributed by atoms with Gasteiger partial charge in [-0.25, -0.2) is 0 Å². The van der Waals surface area contributed by atoms with E-state index in [-0.39, 0.29) is 0 Å². The Morgan fingerprint density at radius 2 is 1.63 bits per heavy atom. The van der Waals surface area contributed by atoms with Crippen molar-refractivity contribution < 1.29 is 13.0 Å². The Morgan fingerprint density at radius 3 is 2.11 bits per heavy atom. The van der Waals surface area contributed by atoms with Crippen LogP contribution < -0.4 is 5.32 Å². The van der Waals surface area contributed by atoms with Gasteiger partial charge in [0.2, 0.25) is 0 Å². The van der Waals surface area contributed by atoms with Gasteiger partial charge in [0.05, 0.1) is 5.25 Å². The summed E-state index contributed by atoms with van der Waals surface area (Å²) in [4.78, 5) is 0. The zero-order valence-electron chi connectivity index (χ0n) is 11.6. The van der Waals surface area contributed by atoms with E-state index in [4.69, 9.17) is 4.55 Å². The molecule has 4 nitrogen and oxygen atoms in total. The zero-order valence-corrected chi connectivity index (χ0v) is 12.4. The van der Waals surface area contributed by atoms with Crippen LogP contribution in [-0.2, 0) is 10.1 Å². The second-order valence-electron chi connectivity index (χ2n) is 7.02. The summed E-state index contributed by atoms with van der Waals surface area (Å²) in [5, 5.41) is 2.94. The van der Waals surface area contributed by atoms with Crippen molar-refractivity contribution in [1.29, 1.82) is 0 Å². The second kappa shape index (κ2) is 5.01. The molecule has 4 saturated carbocycles. The molecular formula is C14H25NO3S. The van der Waals surface area contributed by atoms with Gasteiger partial charge in [0.25, 0.3) is 10.1 Å². The highest BCUT2D eigenvalue weighted by Crippen LogP contribution is 2.53. The van der Waals surface area contributed by atoms with Gasteiger partial charge in [0, 0.05) is 6.04 Å². The smallest absolute Gasteiger partial charge is 0.267 e. The lowest BCUT2D eigenvalue weighted by molar-refractivity contribution is -0.0135. The van der Waals surface area contributed by atoms with Gasteiger partial charge >= 0.3 is 0 Å². The van der Waals surface area contributed by atoms with Crippen LogP contribution in [0.3, 0.4) is 0 Å². The molecule has 0 radical (unpaired) electrons. The maximum absolute atomic E-state index is 11.0. The molecule has 0 saturated heterocycles. The third kappa shape index (κ3) is 2.83. The molecule has 2 N–H and O–H groups in total. The van der Waals surface area contributed by atoms with Gasteiger partial charge in [-0.15, -0.1) is 0 Å². The third-order valence-corrected chi connectivity index (χ3v) is 6.92. The van der Waals surface area contributed by atoms with E-state index in [2.05, 4.69) is 5.32 Å². The average Bonchev–Trinajstić information content (AvgIpc) is 2.30. The SMILES string of the molecule is CC(CCNC1C2C[C@H]3C[C@H](C2)C[C@H]1C3)S(=O)(=O)O. The van der Waals surface area contributed by atoms with E-state index in [1.54, 1.807) is 6.92 Å². The minimum Gasteiger partial charge on any atom is -0.313 e. The normalized spacial score (nSPS) is 42.5. The molecule has 0 spiro atoms. The van der Waals surface area contributed by atoms with Gasteiger partial charge in [0.15, 0.2) is 0 Å². The molecule has 4 aliphatic rings. The van der Waals surface area contributed by atoms with E-state index in [0.29, 0.717) is 19.0 Å². The van der Waals surface area contributed by atoms with Crippen LogP contribution in [0.25, 0.3) is 0 Å². The molecule has 0 amide bonds. The van der Waals surface area contributed by atoms with Crippen LogP contribution in [0.15, 0.2) is 0 Å². The molecule has 19 heavy (non-hydrogen) atoms. The van der Waals surface area contributed by atoms with E-state index < -0.39 is 15.4 Å². The summed E-state index contributed by atoms with van der Waals surface area (Å²) in [6.45, 7) is 2.28. The fraction of sp³-hybridized carbons (Fsp3) is 1.00. The van der Waals surface area contributed by atoms with Crippen molar-refractivity contribution in [2.75, 3.05) is 6.54 Å². The van der Waals surface area contributed by atoms with Crippen LogP contribution in [0.2, 0.25) is 0 Å². The van der Waals surface area contributed by atoms with E-state index >= 15 is 0 Å². The monoisotopic (exact) mass is 287 g/mol. The molecule has 4 fully saturated rings. The predicted molar refractivity (Wildman–Crippen MR) is 74.5 cm³/mol. The summed E-state index contributed by atoms with van der Waals surface area (Å²) in [5.41, 5.74) is 0. The lowest BCUT2D eigenvalue weighted by Gasteiger charge is -2.54. The van der Waals surface area contributed by atoms with E-state index in [1.165, 1.54) is 32.1 Å². The maximum Gasteiger partial charge on any atom is 0.267 e. The molecule has 4 aliphatic carbocycles. The van der Waals surface area contributed by atoms with E-state index in [1.807, 2.05) is 0 Å². The van der Waals surface area contributed by atoms with Crippen LogP contribution in [0.4, 0.5) is 0 Å². The first-order valence-electron chi connectivity index (χ1n) is 7.63. The molecule has 1 atom stereocenters. The molecule has 0 heterocycles. The quantitative estimate of drug-likeness (QED) is 0.760. The van der Waals surface area contributed by atoms with Crippen LogP contribution >= 0.6 is 0 Å². The number of rotatable bonds is 5. The van der Waals surface area contributed by atoms with Crippen LogP contribution in [0.1, 0.15) is 45.4 Å². The molecule has 4 bridgehead atoms. The Hall–Kier alpha value is -0.130. The Kier molecular flexibility index (Phi) is 3.65. The number of hydrogen-bond acceptors (Lipinski definition) is 3. The van der Waals surface area contributed by atoms with Gasteiger partial charge in [-0.1, -0.05) is 0 Å². The largest absolute Gasteiger partial charge is 0.313 e. The fourth-order valence-electron chi connectivity index (χ4n) is 4.86. The van der Waals surface area contributed by atoms with Crippen molar-refractivity contribution in [3.63, 3.8) is 0 Å². The van der Waals surface area contributed by atoms with E-state index in [9.17, 15) is 8.42 Å². The first kappa shape index (κ1) is 13.8. The Morgan fingerprint density at radius 1 is 1.11 bits per heavy atom. The molecule has 4 rings (SSSR count). The number of nitrogens with one attached hydrogen (secondary N) is 1. The summed E-state index contributed by atoms with van der Waals surface area (Å²) in [6.07, 6.45) is 7.45. The molecule has 5 heteroatoms. The maximum atomic E-state index is 11.0. The van der Waals surface area contributed by atoms with Gasteiger partial charge in [0.1, 0.15) is 0 Å². The van der Waals surface area contributed by atoms with Crippen molar-refractivity contribution >= 4 is 10.1 Å². The summed E-state index contributed by atoms with van der Waals surface area (Å²) in [5.74, 6) is 3.57.